The maximum Gasteiger partial charge on any atom is 0.254 e. The number of hydrogen-bond acceptors (Lipinski definition) is 4. The summed E-state index contributed by atoms with van der Waals surface area (Å²) in [6, 6.07) is 11.8. The Morgan fingerprint density at radius 3 is 2.80 bits per heavy atom. The molecule has 0 aliphatic heterocycles. The van der Waals surface area contributed by atoms with Crippen molar-refractivity contribution in [1.82, 2.24) is 4.90 Å². The van der Waals surface area contributed by atoms with E-state index in [0.717, 1.165) is 10.6 Å². The molecule has 1 amide bonds. The van der Waals surface area contributed by atoms with Crippen LogP contribution in [0.25, 0.3) is 0 Å². The minimum absolute atomic E-state index is 0.0211. The SMILES string of the molecule is CN(CCO)C(=O)c1ccccc1SCc1cccs1. The van der Waals surface area contributed by atoms with Crippen molar-refractivity contribution >= 4 is 29.0 Å². The molecule has 0 spiro atoms. The first-order chi connectivity index (χ1) is 9.72. The standard InChI is InChI=1S/C15H17NO2S2/c1-16(8-9-17)15(18)13-6-2-3-7-14(13)20-11-12-5-4-10-19-12/h2-7,10,17H,8-9,11H2,1H3. The molecule has 1 heterocycles. The van der Waals surface area contributed by atoms with Crippen molar-refractivity contribution in [3.63, 3.8) is 0 Å². The van der Waals surface area contributed by atoms with Gasteiger partial charge in [0.1, 0.15) is 0 Å². The zero-order chi connectivity index (χ0) is 14.4. The Bertz CT molecular complexity index is 555. The molecule has 0 fully saturated rings. The van der Waals surface area contributed by atoms with Crippen molar-refractivity contribution in [3.05, 3.63) is 52.2 Å². The van der Waals surface area contributed by atoms with E-state index in [1.54, 1.807) is 35.0 Å². The average molecular weight is 307 g/mol. The summed E-state index contributed by atoms with van der Waals surface area (Å²) >= 11 is 3.39. The molecule has 106 valence electrons. The highest BCUT2D eigenvalue weighted by atomic mass is 32.2. The number of nitrogens with zero attached hydrogens (tertiary/aromatic N) is 1. The summed E-state index contributed by atoms with van der Waals surface area (Å²) in [6.45, 7) is 0.329. The van der Waals surface area contributed by atoms with Crippen LogP contribution in [0.4, 0.5) is 0 Å². The molecule has 2 rings (SSSR count). The molecule has 0 saturated carbocycles. The topological polar surface area (TPSA) is 40.5 Å². The van der Waals surface area contributed by atoms with Gasteiger partial charge in [0.05, 0.1) is 12.2 Å². The van der Waals surface area contributed by atoms with Gasteiger partial charge in [0.2, 0.25) is 0 Å². The average Bonchev–Trinajstić information content (AvgIpc) is 2.98. The number of aliphatic hydroxyl groups is 1. The van der Waals surface area contributed by atoms with Gasteiger partial charge >= 0.3 is 0 Å². The Labute approximate surface area is 127 Å². The second kappa shape index (κ2) is 7.47. The minimum Gasteiger partial charge on any atom is -0.395 e. The van der Waals surface area contributed by atoms with E-state index in [1.807, 2.05) is 30.3 Å². The molecule has 1 aromatic heterocycles. The summed E-state index contributed by atoms with van der Waals surface area (Å²) in [6.07, 6.45) is 0. The van der Waals surface area contributed by atoms with Crippen molar-refractivity contribution < 1.29 is 9.90 Å². The van der Waals surface area contributed by atoms with E-state index in [4.69, 9.17) is 5.11 Å². The molecule has 1 aromatic carbocycles. The Balaban J connectivity index is 2.11. The van der Waals surface area contributed by atoms with E-state index >= 15 is 0 Å². The third kappa shape index (κ3) is 3.85. The summed E-state index contributed by atoms with van der Waals surface area (Å²) in [5, 5.41) is 11.0. The fourth-order valence-electron chi connectivity index (χ4n) is 1.77. The number of likely N-dealkylation sites (N-methyl/N-ethyl adjacent to an activating group) is 1. The Morgan fingerprint density at radius 2 is 2.10 bits per heavy atom. The van der Waals surface area contributed by atoms with Crippen molar-refractivity contribution in [2.24, 2.45) is 0 Å². The van der Waals surface area contributed by atoms with Crippen LogP contribution in [0, 0.1) is 0 Å². The predicted molar refractivity (Wildman–Crippen MR) is 84.4 cm³/mol. The van der Waals surface area contributed by atoms with Gasteiger partial charge in [-0.2, -0.15) is 0 Å². The summed E-state index contributed by atoms with van der Waals surface area (Å²) in [4.78, 5) is 16.1. The number of carbonyl (C=O) groups excluding carboxylic acids is 1. The molecule has 0 radical (unpaired) electrons. The first-order valence-electron chi connectivity index (χ1n) is 6.33. The van der Waals surface area contributed by atoms with Crippen molar-refractivity contribution in [2.75, 3.05) is 20.2 Å². The molecule has 0 saturated heterocycles. The summed E-state index contributed by atoms with van der Waals surface area (Å²) in [7, 11) is 1.71. The molecule has 0 bridgehead atoms. The predicted octanol–water partition coefficient (Wildman–Crippen LogP) is 3.10. The number of benzene rings is 1. The van der Waals surface area contributed by atoms with Crippen LogP contribution >= 0.6 is 23.1 Å². The molecular weight excluding hydrogens is 290 g/mol. The molecule has 0 unspecified atom stereocenters. The number of carbonyl (C=O) groups is 1. The fraction of sp³-hybridized carbons (Fsp3) is 0.267. The van der Waals surface area contributed by atoms with Crippen LogP contribution in [-0.2, 0) is 5.75 Å². The van der Waals surface area contributed by atoms with Crippen LogP contribution in [0.5, 0.6) is 0 Å². The molecule has 2 aromatic rings. The molecule has 3 nitrogen and oxygen atoms in total. The van der Waals surface area contributed by atoms with Gasteiger partial charge in [-0.05, 0) is 23.6 Å². The summed E-state index contributed by atoms with van der Waals surface area (Å²) in [5.74, 6) is 0.819. The maximum absolute atomic E-state index is 12.3. The van der Waals surface area contributed by atoms with Crippen LogP contribution < -0.4 is 0 Å². The normalized spacial score (nSPS) is 10.5. The Morgan fingerprint density at radius 1 is 1.30 bits per heavy atom. The zero-order valence-electron chi connectivity index (χ0n) is 11.3. The highest BCUT2D eigenvalue weighted by Gasteiger charge is 2.15. The zero-order valence-corrected chi connectivity index (χ0v) is 12.9. The highest BCUT2D eigenvalue weighted by molar-refractivity contribution is 7.98. The van der Waals surface area contributed by atoms with Gasteiger partial charge in [0.25, 0.3) is 5.91 Å². The van der Waals surface area contributed by atoms with E-state index in [2.05, 4.69) is 11.4 Å². The van der Waals surface area contributed by atoms with Gasteiger partial charge in [0.15, 0.2) is 0 Å². The Hall–Kier alpha value is -1.30. The number of amides is 1. The summed E-state index contributed by atoms with van der Waals surface area (Å²) in [5.41, 5.74) is 0.699. The first kappa shape index (κ1) is 15.1. The van der Waals surface area contributed by atoms with E-state index < -0.39 is 0 Å². The number of thioether (sulfide) groups is 1. The van der Waals surface area contributed by atoms with Crippen LogP contribution in [0.1, 0.15) is 15.2 Å². The fourth-order valence-corrected chi connectivity index (χ4v) is 3.59. The molecule has 0 aliphatic carbocycles. The van der Waals surface area contributed by atoms with Crippen LogP contribution in [0.2, 0.25) is 0 Å². The lowest BCUT2D eigenvalue weighted by Crippen LogP contribution is -2.29. The molecule has 0 atom stereocenters. The molecule has 20 heavy (non-hydrogen) atoms. The first-order valence-corrected chi connectivity index (χ1v) is 8.19. The van der Waals surface area contributed by atoms with Gasteiger partial charge in [-0.15, -0.1) is 23.1 Å². The van der Waals surface area contributed by atoms with Crippen molar-refractivity contribution in [1.29, 1.82) is 0 Å². The second-order valence-electron chi connectivity index (χ2n) is 4.31. The van der Waals surface area contributed by atoms with Crippen molar-refractivity contribution in [3.8, 4) is 0 Å². The molecule has 1 N–H and O–H groups in total. The number of rotatable bonds is 6. The number of thiophene rings is 1. The van der Waals surface area contributed by atoms with Gasteiger partial charge < -0.3 is 10.0 Å². The lowest BCUT2D eigenvalue weighted by molar-refractivity contribution is 0.0763. The third-order valence-electron chi connectivity index (χ3n) is 2.85. The largest absolute Gasteiger partial charge is 0.395 e. The van der Waals surface area contributed by atoms with Crippen molar-refractivity contribution in [2.45, 2.75) is 10.6 Å². The quantitative estimate of drug-likeness (QED) is 0.834. The summed E-state index contributed by atoms with van der Waals surface area (Å²) < 4.78 is 0. The van der Waals surface area contributed by atoms with Gasteiger partial charge in [-0.3, -0.25) is 4.79 Å². The van der Waals surface area contributed by atoms with E-state index in [9.17, 15) is 4.79 Å². The molecule has 5 heteroatoms. The van der Waals surface area contributed by atoms with Crippen LogP contribution in [0.15, 0.2) is 46.7 Å². The molecule has 0 aliphatic rings. The van der Waals surface area contributed by atoms with E-state index in [0.29, 0.717) is 12.1 Å². The lowest BCUT2D eigenvalue weighted by Gasteiger charge is -2.17. The smallest absolute Gasteiger partial charge is 0.254 e. The maximum atomic E-state index is 12.3. The van der Waals surface area contributed by atoms with Gasteiger partial charge in [-0.25, -0.2) is 0 Å². The third-order valence-corrected chi connectivity index (χ3v) is 5.03. The Kier molecular flexibility index (Phi) is 5.64. The highest BCUT2D eigenvalue weighted by Crippen LogP contribution is 2.28. The van der Waals surface area contributed by atoms with E-state index in [-0.39, 0.29) is 12.5 Å². The number of aliphatic hydroxyl groups excluding tert-OH is 1. The number of hydrogen-bond donors (Lipinski definition) is 1. The van der Waals surface area contributed by atoms with Gasteiger partial charge in [-0.1, -0.05) is 18.2 Å². The molecular formula is C15H17NO2S2. The monoisotopic (exact) mass is 307 g/mol. The van der Waals surface area contributed by atoms with Gasteiger partial charge in [0, 0.05) is 29.1 Å². The minimum atomic E-state index is -0.0478. The van der Waals surface area contributed by atoms with Crippen LogP contribution in [0.3, 0.4) is 0 Å². The van der Waals surface area contributed by atoms with Crippen LogP contribution in [-0.4, -0.2) is 36.1 Å². The lowest BCUT2D eigenvalue weighted by atomic mass is 10.2. The van der Waals surface area contributed by atoms with E-state index in [1.165, 1.54) is 4.88 Å². The second-order valence-corrected chi connectivity index (χ2v) is 6.36.